The fraction of sp³-hybridized carbons (Fsp3) is 0.400. The monoisotopic (exact) mass is 352 g/mol. The average Bonchev–Trinajstić information content (AvgIpc) is 2.97. The van der Waals surface area contributed by atoms with Crippen molar-refractivity contribution in [3.8, 4) is 6.01 Å². The summed E-state index contributed by atoms with van der Waals surface area (Å²) < 4.78 is 34.3. The van der Waals surface area contributed by atoms with Gasteiger partial charge in [0.25, 0.3) is 0 Å². The molecule has 0 bridgehead atoms. The van der Waals surface area contributed by atoms with Crippen molar-refractivity contribution in [2.24, 2.45) is 0 Å². The Hall–Kier alpha value is -2.26. The molecule has 0 saturated carbocycles. The van der Waals surface area contributed by atoms with Crippen LogP contribution in [0, 0.1) is 0 Å². The Morgan fingerprint density at radius 1 is 1.29 bits per heavy atom. The second kappa shape index (κ2) is 7.10. The number of sulfonamides is 1. The molecule has 2 aromatic rings. The van der Waals surface area contributed by atoms with E-state index in [-0.39, 0.29) is 10.7 Å². The number of benzene rings is 1. The molecule has 0 aliphatic rings. The van der Waals surface area contributed by atoms with E-state index >= 15 is 0 Å². The van der Waals surface area contributed by atoms with E-state index in [0.29, 0.717) is 23.9 Å². The number of Topliss-reactive ketones (excluding diaryl/α,β-unsaturated/α-hetero) is 1. The number of nitrogens with zero attached hydrogens (tertiary/aromatic N) is 3. The van der Waals surface area contributed by atoms with Gasteiger partial charge in [-0.1, -0.05) is 17.2 Å². The van der Waals surface area contributed by atoms with Crippen molar-refractivity contribution in [3.63, 3.8) is 0 Å². The van der Waals surface area contributed by atoms with Crippen molar-refractivity contribution in [1.29, 1.82) is 0 Å². The molecule has 0 amide bonds. The second-order valence-electron chi connectivity index (χ2n) is 5.21. The largest absolute Gasteiger partial charge is 0.467 e. The van der Waals surface area contributed by atoms with Gasteiger partial charge in [-0.05, 0) is 32.9 Å². The predicted octanol–water partition coefficient (Wildman–Crippen LogP) is 1.55. The number of methoxy groups -OCH3 is 1. The number of nitrogens with one attached hydrogen (secondary N) is 1. The Morgan fingerprint density at radius 2 is 1.92 bits per heavy atom. The molecule has 0 aliphatic heterocycles. The molecule has 0 fully saturated rings. The first-order valence-corrected chi connectivity index (χ1v) is 8.89. The maximum absolute atomic E-state index is 12.5. The van der Waals surface area contributed by atoms with Gasteiger partial charge in [0.05, 0.1) is 18.0 Å². The molecular weight excluding hydrogens is 332 g/mol. The van der Waals surface area contributed by atoms with E-state index in [1.807, 2.05) is 6.92 Å². The molecule has 0 unspecified atom stereocenters. The first-order chi connectivity index (χ1) is 11.3. The summed E-state index contributed by atoms with van der Waals surface area (Å²) in [5, 5.41) is 7.87. The molecule has 0 spiro atoms. The van der Waals surface area contributed by atoms with Gasteiger partial charge in [0.15, 0.2) is 11.6 Å². The summed E-state index contributed by atoms with van der Waals surface area (Å²) in [7, 11) is -2.28. The van der Waals surface area contributed by atoms with Crippen LogP contribution in [0.2, 0.25) is 0 Å². The van der Waals surface area contributed by atoms with Crippen molar-refractivity contribution in [2.45, 2.75) is 38.3 Å². The number of carbonyl (C=O) groups excluding carboxylic acids is 1. The van der Waals surface area contributed by atoms with Gasteiger partial charge in [-0.25, -0.2) is 13.1 Å². The van der Waals surface area contributed by atoms with Gasteiger partial charge in [0, 0.05) is 12.1 Å². The van der Waals surface area contributed by atoms with Crippen LogP contribution >= 0.6 is 0 Å². The third-order valence-electron chi connectivity index (χ3n) is 3.53. The fourth-order valence-electron chi connectivity index (χ4n) is 2.29. The summed E-state index contributed by atoms with van der Waals surface area (Å²) in [6.45, 7) is 5.54. The number of aromatic nitrogens is 3. The number of rotatable bonds is 7. The van der Waals surface area contributed by atoms with Crippen LogP contribution in [-0.2, 0) is 16.6 Å². The quantitative estimate of drug-likeness (QED) is 0.758. The number of ketones is 1. The minimum Gasteiger partial charge on any atom is -0.467 e. The molecule has 130 valence electrons. The van der Waals surface area contributed by atoms with Crippen LogP contribution in [0.4, 0.5) is 0 Å². The van der Waals surface area contributed by atoms with Gasteiger partial charge >= 0.3 is 6.01 Å². The highest BCUT2D eigenvalue weighted by Crippen LogP contribution is 2.19. The zero-order valence-electron chi connectivity index (χ0n) is 14.0. The van der Waals surface area contributed by atoms with Crippen molar-refractivity contribution in [1.82, 2.24) is 19.5 Å². The van der Waals surface area contributed by atoms with E-state index in [9.17, 15) is 13.2 Å². The zero-order chi connectivity index (χ0) is 17.9. The van der Waals surface area contributed by atoms with E-state index in [2.05, 4.69) is 14.9 Å². The van der Waals surface area contributed by atoms with Crippen LogP contribution in [0.15, 0.2) is 29.2 Å². The fourth-order valence-corrected chi connectivity index (χ4v) is 3.49. The molecule has 0 aliphatic carbocycles. The summed E-state index contributed by atoms with van der Waals surface area (Å²) in [5.74, 6) is 0.335. The van der Waals surface area contributed by atoms with Gasteiger partial charge in [-0.15, -0.1) is 5.10 Å². The third kappa shape index (κ3) is 3.62. The zero-order valence-corrected chi connectivity index (χ0v) is 14.8. The summed E-state index contributed by atoms with van der Waals surface area (Å²) in [6, 6.07) is 5.50. The smallest absolute Gasteiger partial charge is 0.316 e. The van der Waals surface area contributed by atoms with E-state index < -0.39 is 16.1 Å². The average molecular weight is 352 g/mol. The summed E-state index contributed by atoms with van der Waals surface area (Å²) in [6.07, 6.45) is 0. The first kappa shape index (κ1) is 18.1. The molecule has 1 N–H and O–H groups in total. The number of carbonyl (C=O) groups is 1. The second-order valence-corrected chi connectivity index (χ2v) is 6.93. The van der Waals surface area contributed by atoms with Crippen LogP contribution in [0.5, 0.6) is 6.01 Å². The highest BCUT2D eigenvalue weighted by atomic mass is 32.2. The molecule has 1 aromatic carbocycles. The van der Waals surface area contributed by atoms with Gasteiger partial charge in [0.1, 0.15) is 0 Å². The van der Waals surface area contributed by atoms with E-state index in [1.165, 1.54) is 38.3 Å². The van der Waals surface area contributed by atoms with Gasteiger partial charge < -0.3 is 4.74 Å². The lowest BCUT2D eigenvalue weighted by atomic mass is 10.2. The van der Waals surface area contributed by atoms with E-state index in [0.717, 1.165) is 0 Å². The Bertz CT molecular complexity index is 828. The summed E-state index contributed by atoms with van der Waals surface area (Å²) >= 11 is 0. The minimum absolute atomic E-state index is 0.0777. The van der Waals surface area contributed by atoms with Crippen molar-refractivity contribution >= 4 is 15.8 Å². The molecule has 0 radical (unpaired) electrons. The molecule has 24 heavy (non-hydrogen) atoms. The van der Waals surface area contributed by atoms with Crippen molar-refractivity contribution < 1.29 is 17.9 Å². The number of ether oxygens (including phenoxy) is 1. The molecule has 1 atom stereocenters. The summed E-state index contributed by atoms with van der Waals surface area (Å²) in [5.41, 5.74) is 0.456. The molecular formula is C15H20N4O4S. The molecule has 2 rings (SSSR count). The highest BCUT2D eigenvalue weighted by molar-refractivity contribution is 7.89. The van der Waals surface area contributed by atoms with Gasteiger partial charge in [0.2, 0.25) is 10.0 Å². The normalized spacial score (nSPS) is 12.8. The molecule has 0 saturated heterocycles. The SMILES string of the molecule is CCn1c(OC)nnc1[C@@H](C)NS(=O)(=O)c1ccc(C(C)=O)cc1. The minimum atomic E-state index is -3.76. The van der Waals surface area contributed by atoms with Crippen LogP contribution in [0.1, 0.15) is 43.0 Å². The maximum atomic E-state index is 12.5. The third-order valence-corrected chi connectivity index (χ3v) is 5.09. The molecule has 1 heterocycles. The van der Waals surface area contributed by atoms with Gasteiger partial charge in [-0.3, -0.25) is 9.36 Å². The lowest BCUT2D eigenvalue weighted by Gasteiger charge is -2.15. The standard InChI is InChI=1S/C15H20N4O4S/c1-5-19-14(16-17-15(19)23-4)10(2)18-24(21,22)13-8-6-12(7-9-13)11(3)20/h6-10,18H,5H2,1-4H3/t10-/m1/s1. The van der Waals surface area contributed by atoms with Gasteiger partial charge in [-0.2, -0.15) is 0 Å². The Morgan fingerprint density at radius 3 is 2.42 bits per heavy atom. The Balaban J connectivity index is 2.25. The Labute approximate surface area is 140 Å². The maximum Gasteiger partial charge on any atom is 0.316 e. The lowest BCUT2D eigenvalue weighted by Crippen LogP contribution is -2.29. The predicted molar refractivity (Wildman–Crippen MR) is 87.4 cm³/mol. The Kier molecular flexibility index (Phi) is 5.35. The van der Waals surface area contributed by atoms with E-state index in [4.69, 9.17) is 4.74 Å². The first-order valence-electron chi connectivity index (χ1n) is 7.40. The number of hydrogen-bond acceptors (Lipinski definition) is 6. The van der Waals surface area contributed by atoms with Crippen LogP contribution < -0.4 is 9.46 Å². The molecule has 9 heteroatoms. The van der Waals surface area contributed by atoms with Crippen molar-refractivity contribution in [3.05, 3.63) is 35.7 Å². The van der Waals surface area contributed by atoms with E-state index in [1.54, 1.807) is 11.5 Å². The van der Waals surface area contributed by atoms with Crippen LogP contribution in [0.25, 0.3) is 0 Å². The molecule has 8 nitrogen and oxygen atoms in total. The summed E-state index contributed by atoms with van der Waals surface area (Å²) in [4.78, 5) is 11.4. The highest BCUT2D eigenvalue weighted by Gasteiger charge is 2.23. The van der Waals surface area contributed by atoms with Crippen LogP contribution in [0.3, 0.4) is 0 Å². The molecule has 1 aromatic heterocycles. The van der Waals surface area contributed by atoms with Crippen molar-refractivity contribution in [2.75, 3.05) is 7.11 Å². The lowest BCUT2D eigenvalue weighted by molar-refractivity contribution is 0.101. The van der Waals surface area contributed by atoms with Crippen LogP contribution in [-0.4, -0.2) is 36.1 Å². The topological polar surface area (TPSA) is 103 Å². The number of hydrogen-bond donors (Lipinski definition) is 1.